The van der Waals surface area contributed by atoms with Crippen molar-refractivity contribution in [3.8, 4) is 5.75 Å². The first kappa shape index (κ1) is 15.7. The summed E-state index contributed by atoms with van der Waals surface area (Å²) in [4.78, 5) is 12.1. The van der Waals surface area contributed by atoms with Crippen molar-refractivity contribution in [2.24, 2.45) is 0 Å². The number of anilines is 1. The van der Waals surface area contributed by atoms with Crippen molar-refractivity contribution in [2.45, 2.75) is 0 Å². The minimum absolute atomic E-state index is 0.00384. The fraction of sp³-hybridized carbons (Fsp3) is 0.0714. The molecule has 3 nitrogen and oxygen atoms in total. The summed E-state index contributed by atoms with van der Waals surface area (Å²) in [6.07, 6.45) is 0. The smallest absolute Gasteiger partial charge is 0.258 e. The topological polar surface area (TPSA) is 38.3 Å². The summed E-state index contributed by atoms with van der Waals surface area (Å²) in [5.74, 6) is -1.70. The molecule has 0 saturated carbocycles. The second-order valence-corrected chi connectivity index (χ2v) is 5.31. The number of nitrogens with one attached hydrogen (secondary N) is 1. The van der Waals surface area contributed by atoms with Crippen LogP contribution in [0.5, 0.6) is 5.75 Å². The molecule has 110 valence electrons. The number of ether oxygens (including phenoxy) is 1. The van der Waals surface area contributed by atoms with Gasteiger partial charge in [0, 0.05) is 10.5 Å². The Bertz CT molecular complexity index is 686. The van der Waals surface area contributed by atoms with Crippen molar-refractivity contribution >= 4 is 39.1 Å². The van der Waals surface area contributed by atoms with Gasteiger partial charge >= 0.3 is 0 Å². The van der Waals surface area contributed by atoms with Gasteiger partial charge in [0.25, 0.3) is 5.91 Å². The van der Waals surface area contributed by atoms with Crippen LogP contribution < -0.4 is 10.1 Å². The first-order chi connectivity index (χ1) is 9.92. The second kappa shape index (κ2) is 6.41. The number of amides is 1. The van der Waals surface area contributed by atoms with E-state index in [1.807, 2.05) is 0 Å². The highest BCUT2D eigenvalue weighted by Crippen LogP contribution is 2.32. The zero-order chi connectivity index (χ0) is 15.6. The molecule has 0 radical (unpaired) electrons. The summed E-state index contributed by atoms with van der Waals surface area (Å²) in [5, 5.41) is 2.44. The van der Waals surface area contributed by atoms with Crippen LogP contribution in [-0.4, -0.2) is 13.0 Å². The Morgan fingerprint density at radius 2 is 2.00 bits per heavy atom. The van der Waals surface area contributed by atoms with Crippen LogP contribution in [0.3, 0.4) is 0 Å². The summed E-state index contributed by atoms with van der Waals surface area (Å²) in [7, 11) is 1.39. The van der Waals surface area contributed by atoms with Crippen molar-refractivity contribution in [2.75, 3.05) is 12.4 Å². The number of carbonyl (C=O) groups excluding carboxylic acids is 1. The molecule has 0 aromatic heterocycles. The van der Waals surface area contributed by atoms with Gasteiger partial charge < -0.3 is 10.1 Å². The Hall–Kier alpha value is -1.66. The van der Waals surface area contributed by atoms with Gasteiger partial charge in [-0.15, -0.1) is 0 Å². The molecule has 0 spiro atoms. The van der Waals surface area contributed by atoms with Crippen molar-refractivity contribution in [3.05, 3.63) is 57.0 Å². The normalized spacial score (nSPS) is 10.3. The third kappa shape index (κ3) is 3.51. The third-order valence-corrected chi connectivity index (χ3v) is 3.59. The molecule has 0 unspecified atom stereocenters. The minimum Gasteiger partial charge on any atom is -0.497 e. The van der Waals surface area contributed by atoms with Crippen LogP contribution in [0.15, 0.2) is 34.8 Å². The lowest BCUT2D eigenvalue weighted by atomic mass is 10.2. The summed E-state index contributed by atoms with van der Waals surface area (Å²) < 4.78 is 32.0. The van der Waals surface area contributed by atoms with Gasteiger partial charge in [-0.3, -0.25) is 4.79 Å². The number of carbonyl (C=O) groups is 1. The molecule has 2 rings (SSSR count). The molecule has 2 aromatic carbocycles. The highest BCUT2D eigenvalue weighted by Gasteiger charge is 2.16. The van der Waals surface area contributed by atoms with Gasteiger partial charge in [-0.05, 0) is 40.2 Å². The van der Waals surface area contributed by atoms with E-state index in [4.69, 9.17) is 16.3 Å². The predicted molar refractivity (Wildman–Crippen MR) is 80.0 cm³/mol. The predicted octanol–water partition coefficient (Wildman–Crippen LogP) is 4.64. The lowest BCUT2D eigenvalue weighted by Crippen LogP contribution is -2.14. The molecule has 0 saturated heterocycles. The third-order valence-electron chi connectivity index (χ3n) is 2.67. The largest absolute Gasteiger partial charge is 0.497 e. The minimum atomic E-state index is -0.735. The Morgan fingerprint density at radius 1 is 1.29 bits per heavy atom. The van der Waals surface area contributed by atoms with Gasteiger partial charge in [0.1, 0.15) is 17.4 Å². The summed E-state index contributed by atoms with van der Waals surface area (Å²) in [5.41, 5.74) is -0.0126. The molecule has 2 aromatic rings. The summed E-state index contributed by atoms with van der Waals surface area (Å²) in [6.45, 7) is 0. The number of halogens is 4. The maximum Gasteiger partial charge on any atom is 0.258 e. The zero-order valence-electron chi connectivity index (χ0n) is 10.7. The second-order valence-electron chi connectivity index (χ2n) is 4.04. The average molecular weight is 377 g/mol. The van der Waals surface area contributed by atoms with Gasteiger partial charge in [-0.2, -0.15) is 0 Å². The highest BCUT2D eigenvalue weighted by molar-refractivity contribution is 9.10. The van der Waals surface area contributed by atoms with E-state index in [0.29, 0.717) is 5.75 Å². The molecular formula is C14H9BrClF2NO2. The molecule has 0 aliphatic rings. The van der Waals surface area contributed by atoms with Crippen molar-refractivity contribution < 1.29 is 18.3 Å². The zero-order valence-corrected chi connectivity index (χ0v) is 13.1. The number of hydrogen-bond acceptors (Lipinski definition) is 2. The Morgan fingerprint density at radius 3 is 2.57 bits per heavy atom. The molecule has 1 N–H and O–H groups in total. The molecule has 0 heterocycles. The Balaban J connectivity index is 2.30. The molecular weight excluding hydrogens is 368 g/mol. The number of rotatable bonds is 3. The first-order valence-corrected chi connectivity index (χ1v) is 6.89. The SMILES string of the molecule is COc1ccc(C(=O)Nc2c(Cl)cc(F)cc2Br)c(F)c1. The van der Waals surface area contributed by atoms with E-state index in [2.05, 4.69) is 21.2 Å². The lowest BCUT2D eigenvalue weighted by molar-refractivity contribution is 0.102. The molecule has 0 bridgehead atoms. The van der Waals surface area contributed by atoms with E-state index in [1.54, 1.807) is 0 Å². The van der Waals surface area contributed by atoms with Crippen molar-refractivity contribution in [3.63, 3.8) is 0 Å². The molecule has 21 heavy (non-hydrogen) atoms. The molecule has 1 amide bonds. The van der Waals surface area contributed by atoms with E-state index >= 15 is 0 Å². The van der Waals surface area contributed by atoms with Crippen LogP contribution in [0.25, 0.3) is 0 Å². The summed E-state index contributed by atoms with van der Waals surface area (Å²) >= 11 is 8.94. The van der Waals surface area contributed by atoms with Crippen molar-refractivity contribution in [1.82, 2.24) is 0 Å². The summed E-state index contributed by atoms with van der Waals surface area (Å²) in [6, 6.07) is 6.03. The van der Waals surface area contributed by atoms with Crippen molar-refractivity contribution in [1.29, 1.82) is 0 Å². The first-order valence-electron chi connectivity index (χ1n) is 5.72. The maximum absolute atomic E-state index is 13.8. The lowest BCUT2D eigenvalue weighted by Gasteiger charge is -2.10. The molecule has 0 aliphatic heterocycles. The number of benzene rings is 2. The van der Waals surface area contributed by atoms with Crippen LogP contribution in [-0.2, 0) is 0 Å². The van der Waals surface area contributed by atoms with E-state index in [1.165, 1.54) is 19.2 Å². The number of hydrogen-bond donors (Lipinski definition) is 1. The molecule has 0 aliphatic carbocycles. The monoisotopic (exact) mass is 375 g/mol. The van der Waals surface area contributed by atoms with Gasteiger partial charge in [-0.1, -0.05) is 11.6 Å². The molecule has 0 fully saturated rings. The van der Waals surface area contributed by atoms with Gasteiger partial charge in [0.05, 0.1) is 23.4 Å². The maximum atomic E-state index is 13.8. The van der Waals surface area contributed by atoms with Gasteiger partial charge in [0.2, 0.25) is 0 Å². The molecule has 7 heteroatoms. The van der Waals surface area contributed by atoms with Crippen LogP contribution in [0.2, 0.25) is 5.02 Å². The van der Waals surface area contributed by atoms with E-state index in [9.17, 15) is 13.6 Å². The van der Waals surface area contributed by atoms with Crippen LogP contribution in [0.4, 0.5) is 14.5 Å². The average Bonchev–Trinajstić information content (AvgIpc) is 2.42. The Labute approximate surface area is 133 Å². The number of methoxy groups -OCH3 is 1. The van der Waals surface area contributed by atoms with E-state index in [0.717, 1.165) is 18.2 Å². The van der Waals surface area contributed by atoms with Crippen LogP contribution in [0, 0.1) is 11.6 Å². The van der Waals surface area contributed by atoms with Gasteiger partial charge in [-0.25, -0.2) is 8.78 Å². The fourth-order valence-corrected chi connectivity index (χ4v) is 2.55. The highest BCUT2D eigenvalue weighted by atomic mass is 79.9. The Kier molecular flexibility index (Phi) is 4.80. The van der Waals surface area contributed by atoms with E-state index in [-0.39, 0.29) is 20.7 Å². The van der Waals surface area contributed by atoms with E-state index < -0.39 is 17.5 Å². The molecule has 0 atom stereocenters. The quantitative estimate of drug-likeness (QED) is 0.847. The standard InChI is InChI=1S/C14H9BrClF2NO2/c1-21-8-2-3-9(12(18)6-8)14(20)19-13-10(15)4-7(17)5-11(13)16/h2-6H,1H3,(H,19,20). The fourth-order valence-electron chi connectivity index (χ4n) is 1.65. The van der Waals surface area contributed by atoms with Gasteiger partial charge in [0.15, 0.2) is 0 Å². The van der Waals surface area contributed by atoms with Crippen LogP contribution in [0.1, 0.15) is 10.4 Å². The van der Waals surface area contributed by atoms with Crippen LogP contribution >= 0.6 is 27.5 Å².